The second kappa shape index (κ2) is 10.9. The van der Waals surface area contributed by atoms with E-state index in [1.54, 1.807) is 28.7 Å². The molecule has 6 rings (SSSR count). The fourth-order valence-electron chi connectivity index (χ4n) is 6.24. The summed E-state index contributed by atoms with van der Waals surface area (Å²) in [6.45, 7) is 5.19. The molecule has 0 radical (unpaired) electrons. The van der Waals surface area contributed by atoms with Crippen LogP contribution >= 0.6 is 0 Å². The summed E-state index contributed by atoms with van der Waals surface area (Å²) >= 11 is 0. The number of likely N-dealkylation sites (tertiary alicyclic amines) is 1. The smallest absolute Gasteiger partial charge is 0.378 e. The molecule has 3 aromatic rings. The van der Waals surface area contributed by atoms with Gasteiger partial charge in [0.2, 0.25) is 0 Å². The lowest BCUT2D eigenvalue weighted by molar-refractivity contribution is -0.138. The second-order valence-corrected chi connectivity index (χ2v) is 14.0. The predicted octanol–water partition coefficient (Wildman–Crippen LogP) is 3.48. The zero-order chi connectivity index (χ0) is 30.6. The van der Waals surface area contributed by atoms with Gasteiger partial charge in [0.1, 0.15) is 5.69 Å². The predicted molar refractivity (Wildman–Crippen MR) is 158 cm³/mol. The molecule has 0 atom stereocenters. The number of imidazole rings is 1. The Hall–Kier alpha value is -3.43. The number of aliphatic imine (C=N–C) groups is 1. The van der Waals surface area contributed by atoms with Crippen molar-refractivity contribution in [3.8, 4) is 0 Å². The number of hydrogen-bond donors (Lipinski definition) is 1. The van der Waals surface area contributed by atoms with Crippen molar-refractivity contribution < 1.29 is 26.3 Å². The molecule has 3 saturated heterocycles. The third-order valence-electron chi connectivity index (χ3n) is 8.17. The van der Waals surface area contributed by atoms with Crippen LogP contribution in [0.3, 0.4) is 0 Å². The highest BCUT2D eigenvalue weighted by Crippen LogP contribution is 2.44. The van der Waals surface area contributed by atoms with E-state index in [4.69, 9.17) is 14.8 Å². The zero-order valence-corrected chi connectivity index (χ0v) is 25.2. The average molecular weight is 621 g/mol. The quantitative estimate of drug-likeness (QED) is 0.314. The number of nitrogens with one attached hydrogen (secondary N) is 1. The van der Waals surface area contributed by atoms with E-state index in [9.17, 15) is 21.6 Å². The Morgan fingerprint density at radius 3 is 2.60 bits per heavy atom. The Labute approximate surface area is 248 Å². The summed E-state index contributed by atoms with van der Waals surface area (Å²) in [6.07, 6.45) is -2.26. The molecule has 11 nitrogen and oxygen atoms in total. The summed E-state index contributed by atoms with van der Waals surface area (Å²) < 4.78 is 73.8. The Morgan fingerprint density at radius 2 is 1.93 bits per heavy atom. The largest absolute Gasteiger partial charge is 0.416 e. The molecule has 0 bridgehead atoms. The van der Waals surface area contributed by atoms with E-state index in [-0.39, 0.29) is 29.0 Å². The molecule has 232 valence electrons. The van der Waals surface area contributed by atoms with Crippen LogP contribution in [0.1, 0.15) is 23.2 Å². The number of alkyl halides is 3. The molecule has 0 unspecified atom stereocenters. The standard InChI is InChI=1S/C28H35F3N8O3S/c1-19-25(39-26(33-19)23(32-18-36(2)3)13-24(35-39)38-9-11-42-12-10-38)34-22-6-4-5-21(28(29,30)31)20(22)14-37-8-7-27(15-37)16-43(40,41)17-27/h4-6,13,18,34H,7-12,14-17H2,1-3H3. The highest BCUT2D eigenvalue weighted by atomic mass is 32.2. The number of aromatic nitrogens is 3. The number of rotatable bonds is 7. The lowest BCUT2D eigenvalue weighted by Crippen LogP contribution is -2.50. The third-order valence-corrected chi connectivity index (χ3v) is 10.3. The van der Waals surface area contributed by atoms with Crippen LogP contribution in [0.15, 0.2) is 29.3 Å². The number of anilines is 3. The van der Waals surface area contributed by atoms with Crippen LogP contribution < -0.4 is 10.2 Å². The molecular formula is C28H35F3N8O3S. The zero-order valence-electron chi connectivity index (χ0n) is 24.4. The Balaban J connectivity index is 1.39. The fourth-order valence-corrected chi connectivity index (χ4v) is 8.50. The van der Waals surface area contributed by atoms with Gasteiger partial charge in [-0.05, 0) is 32.0 Å². The van der Waals surface area contributed by atoms with Gasteiger partial charge in [0.15, 0.2) is 27.1 Å². The van der Waals surface area contributed by atoms with Gasteiger partial charge in [0.25, 0.3) is 0 Å². The fraction of sp³-hybridized carbons (Fsp3) is 0.536. The molecule has 0 saturated carbocycles. The first kappa shape index (κ1) is 29.6. The van der Waals surface area contributed by atoms with Crippen LogP contribution in [-0.2, 0) is 27.3 Å². The van der Waals surface area contributed by atoms with Crippen LogP contribution in [-0.4, -0.2) is 104 Å². The number of morpholine rings is 1. The van der Waals surface area contributed by atoms with Crippen molar-refractivity contribution in [1.82, 2.24) is 24.4 Å². The monoisotopic (exact) mass is 620 g/mol. The number of sulfone groups is 1. The number of ether oxygens (including phenoxy) is 1. The van der Waals surface area contributed by atoms with Gasteiger partial charge in [-0.2, -0.15) is 17.7 Å². The van der Waals surface area contributed by atoms with Gasteiger partial charge in [-0.15, -0.1) is 5.10 Å². The van der Waals surface area contributed by atoms with Crippen molar-refractivity contribution >= 4 is 44.8 Å². The summed E-state index contributed by atoms with van der Waals surface area (Å²) in [6, 6.07) is 5.96. The van der Waals surface area contributed by atoms with Crippen molar-refractivity contribution in [1.29, 1.82) is 0 Å². The summed E-state index contributed by atoms with van der Waals surface area (Å²) in [4.78, 5) is 15.1. The van der Waals surface area contributed by atoms with E-state index in [1.807, 2.05) is 25.1 Å². The Morgan fingerprint density at radius 1 is 1.19 bits per heavy atom. The number of hydrogen-bond acceptors (Lipinski definition) is 9. The minimum Gasteiger partial charge on any atom is -0.378 e. The highest BCUT2D eigenvalue weighted by Gasteiger charge is 2.52. The maximum atomic E-state index is 14.3. The van der Waals surface area contributed by atoms with Gasteiger partial charge in [0, 0.05) is 63.0 Å². The molecule has 5 heterocycles. The molecule has 3 aliphatic heterocycles. The van der Waals surface area contributed by atoms with E-state index in [2.05, 4.69) is 15.2 Å². The highest BCUT2D eigenvalue weighted by molar-refractivity contribution is 7.92. The molecule has 3 fully saturated rings. The van der Waals surface area contributed by atoms with Gasteiger partial charge in [-0.25, -0.2) is 18.4 Å². The van der Waals surface area contributed by atoms with E-state index >= 15 is 0 Å². The van der Waals surface area contributed by atoms with E-state index in [0.29, 0.717) is 80.2 Å². The molecule has 1 spiro atoms. The van der Waals surface area contributed by atoms with Crippen molar-refractivity contribution in [3.63, 3.8) is 0 Å². The van der Waals surface area contributed by atoms with Crippen LogP contribution in [0.2, 0.25) is 0 Å². The third kappa shape index (κ3) is 6.02. The molecule has 15 heteroatoms. The first-order chi connectivity index (χ1) is 20.3. The minimum absolute atomic E-state index is 0.0282. The topological polar surface area (TPSA) is 108 Å². The molecule has 43 heavy (non-hydrogen) atoms. The number of nitrogens with zero attached hydrogens (tertiary/aromatic N) is 7. The lowest BCUT2D eigenvalue weighted by Gasteiger charge is -2.37. The van der Waals surface area contributed by atoms with E-state index in [1.165, 1.54) is 6.07 Å². The Kier molecular flexibility index (Phi) is 7.53. The molecular weight excluding hydrogens is 585 g/mol. The van der Waals surface area contributed by atoms with Gasteiger partial charge in [0.05, 0.1) is 42.3 Å². The van der Waals surface area contributed by atoms with Crippen molar-refractivity contribution in [3.05, 3.63) is 41.1 Å². The van der Waals surface area contributed by atoms with Crippen LogP contribution in [0.25, 0.3) is 5.65 Å². The number of fused-ring (bicyclic) bond motifs is 1. The number of halogens is 3. The summed E-state index contributed by atoms with van der Waals surface area (Å²) in [7, 11) is 0.662. The average Bonchev–Trinajstić information content (AvgIpc) is 3.47. The first-order valence-electron chi connectivity index (χ1n) is 14.2. The van der Waals surface area contributed by atoms with Crippen molar-refractivity contribution in [2.45, 2.75) is 26.1 Å². The lowest BCUT2D eigenvalue weighted by atomic mass is 9.91. The summed E-state index contributed by atoms with van der Waals surface area (Å²) in [5.41, 5.74) is 0.888. The minimum atomic E-state index is -4.57. The van der Waals surface area contributed by atoms with Crippen molar-refractivity contribution in [2.24, 2.45) is 10.4 Å². The Bertz CT molecular complexity index is 1650. The molecule has 1 aromatic carbocycles. The second-order valence-electron chi connectivity index (χ2n) is 11.9. The van der Waals surface area contributed by atoms with Crippen LogP contribution in [0.5, 0.6) is 0 Å². The van der Waals surface area contributed by atoms with Gasteiger partial charge in [-0.1, -0.05) is 6.07 Å². The maximum Gasteiger partial charge on any atom is 0.416 e. The summed E-state index contributed by atoms with van der Waals surface area (Å²) in [5, 5.41) is 8.09. The van der Waals surface area contributed by atoms with E-state index < -0.39 is 21.6 Å². The number of aryl methyl sites for hydroxylation is 1. The van der Waals surface area contributed by atoms with Crippen molar-refractivity contribution in [2.75, 3.05) is 75.2 Å². The van der Waals surface area contributed by atoms with Gasteiger partial charge < -0.3 is 19.9 Å². The summed E-state index contributed by atoms with van der Waals surface area (Å²) in [5.74, 6) is 1.29. The molecule has 3 aliphatic rings. The SMILES string of the molecule is Cc1nc2c(N=CN(C)C)cc(N3CCOCC3)nn2c1Nc1cccc(C(F)(F)F)c1CN1CCC2(C1)CS(=O)(=O)C2. The van der Waals surface area contributed by atoms with Gasteiger partial charge >= 0.3 is 6.18 Å². The van der Waals surface area contributed by atoms with Crippen LogP contribution in [0.4, 0.5) is 36.2 Å². The van der Waals surface area contributed by atoms with E-state index in [0.717, 1.165) is 6.07 Å². The van der Waals surface area contributed by atoms with Crippen LogP contribution in [0, 0.1) is 12.3 Å². The van der Waals surface area contributed by atoms with Gasteiger partial charge in [-0.3, -0.25) is 4.90 Å². The molecule has 0 aliphatic carbocycles. The first-order valence-corrected chi connectivity index (χ1v) is 16.0. The number of benzene rings is 1. The maximum absolute atomic E-state index is 14.3. The molecule has 2 aromatic heterocycles. The molecule has 0 amide bonds. The normalized spacial score (nSPS) is 20.3. The molecule has 1 N–H and O–H groups in total.